The highest BCUT2D eigenvalue weighted by Gasteiger charge is 2.33. The Morgan fingerprint density at radius 2 is 2.00 bits per heavy atom. The molecule has 84 valence electrons. The van der Waals surface area contributed by atoms with E-state index in [9.17, 15) is 18.0 Å². The van der Waals surface area contributed by atoms with E-state index in [0.717, 1.165) is 12.1 Å². The van der Waals surface area contributed by atoms with Gasteiger partial charge in [0, 0.05) is 5.39 Å². The fourth-order valence-electron chi connectivity index (χ4n) is 1.43. The lowest BCUT2D eigenvalue weighted by molar-refractivity contribution is -0.136. The SMILES string of the molecule is NC(=O)c1cc2c(C(F)(F)F)cccc2o1. The maximum absolute atomic E-state index is 12.6. The lowest BCUT2D eigenvalue weighted by Crippen LogP contribution is -2.09. The third kappa shape index (κ3) is 1.62. The van der Waals surface area contributed by atoms with Crippen molar-refractivity contribution in [1.82, 2.24) is 0 Å². The minimum absolute atomic E-state index is 0.0105. The van der Waals surface area contributed by atoms with Crippen molar-refractivity contribution in [3.05, 3.63) is 35.6 Å². The Kier molecular flexibility index (Phi) is 2.15. The van der Waals surface area contributed by atoms with Crippen molar-refractivity contribution in [1.29, 1.82) is 0 Å². The molecule has 0 aliphatic carbocycles. The van der Waals surface area contributed by atoms with Gasteiger partial charge in [0.2, 0.25) is 0 Å². The largest absolute Gasteiger partial charge is 0.451 e. The summed E-state index contributed by atoms with van der Waals surface area (Å²) < 4.78 is 42.6. The normalized spacial score (nSPS) is 11.9. The number of primary amides is 1. The highest BCUT2D eigenvalue weighted by Crippen LogP contribution is 2.35. The summed E-state index contributed by atoms with van der Waals surface area (Å²) in [6.45, 7) is 0. The van der Waals surface area contributed by atoms with Gasteiger partial charge < -0.3 is 10.2 Å². The quantitative estimate of drug-likeness (QED) is 0.816. The van der Waals surface area contributed by atoms with Crippen LogP contribution >= 0.6 is 0 Å². The lowest BCUT2D eigenvalue weighted by atomic mass is 10.1. The van der Waals surface area contributed by atoms with Crippen LogP contribution in [0.15, 0.2) is 28.7 Å². The number of nitrogens with two attached hydrogens (primary N) is 1. The van der Waals surface area contributed by atoms with Gasteiger partial charge in [0.25, 0.3) is 5.91 Å². The van der Waals surface area contributed by atoms with E-state index >= 15 is 0 Å². The average Bonchev–Trinajstić information content (AvgIpc) is 2.58. The molecule has 1 amide bonds. The first-order valence-electron chi connectivity index (χ1n) is 4.29. The molecule has 0 aliphatic rings. The summed E-state index contributed by atoms with van der Waals surface area (Å²) in [7, 11) is 0. The third-order valence-electron chi connectivity index (χ3n) is 2.11. The number of halogens is 3. The number of carbonyl (C=O) groups excluding carboxylic acids is 1. The van der Waals surface area contributed by atoms with Crippen molar-refractivity contribution in [2.24, 2.45) is 5.73 Å². The first-order valence-corrected chi connectivity index (χ1v) is 4.29. The van der Waals surface area contributed by atoms with Gasteiger partial charge in [0.1, 0.15) is 5.58 Å². The summed E-state index contributed by atoms with van der Waals surface area (Å²) in [5.74, 6) is -1.18. The van der Waals surface area contributed by atoms with Gasteiger partial charge in [-0.3, -0.25) is 4.79 Å². The molecule has 6 heteroatoms. The van der Waals surface area contributed by atoms with Gasteiger partial charge in [-0.25, -0.2) is 0 Å². The number of rotatable bonds is 1. The molecule has 0 radical (unpaired) electrons. The molecule has 16 heavy (non-hydrogen) atoms. The van der Waals surface area contributed by atoms with Crippen molar-refractivity contribution in [3.8, 4) is 0 Å². The van der Waals surface area contributed by atoms with Gasteiger partial charge in [0.05, 0.1) is 5.56 Å². The van der Waals surface area contributed by atoms with Crippen LogP contribution in [0, 0.1) is 0 Å². The zero-order valence-corrected chi connectivity index (χ0v) is 7.84. The maximum Gasteiger partial charge on any atom is 0.417 e. The molecule has 0 atom stereocenters. The Morgan fingerprint density at radius 1 is 1.31 bits per heavy atom. The van der Waals surface area contributed by atoms with Crippen LogP contribution in [0.5, 0.6) is 0 Å². The Morgan fingerprint density at radius 3 is 2.56 bits per heavy atom. The molecule has 0 aliphatic heterocycles. The van der Waals surface area contributed by atoms with Gasteiger partial charge in [-0.05, 0) is 18.2 Å². The standard InChI is InChI=1S/C10H6F3NO2/c11-10(12,13)6-2-1-3-7-5(6)4-8(16-7)9(14)15/h1-4H,(H2,14,15). The number of carbonyl (C=O) groups is 1. The number of alkyl halides is 3. The minimum Gasteiger partial charge on any atom is -0.451 e. The molecule has 0 saturated heterocycles. The number of amides is 1. The Bertz CT molecular complexity index is 557. The molecule has 0 unspecified atom stereocenters. The van der Waals surface area contributed by atoms with Gasteiger partial charge in [-0.15, -0.1) is 0 Å². The summed E-state index contributed by atoms with van der Waals surface area (Å²) in [6.07, 6.45) is -4.49. The van der Waals surface area contributed by atoms with Crippen molar-refractivity contribution >= 4 is 16.9 Å². The second kappa shape index (κ2) is 3.26. The summed E-state index contributed by atoms with van der Waals surface area (Å²) >= 11 is 0. The summed E-state index contributed by atoms with van der Waals surface area (Å²) in [4.78, 5) is 10.8. The van der Waals surface area contributed by atoms with E-state index in [1.807, 2.05) is 0 Å². The van der Waals surface area contributed by atoms with Crippen LogP contribution in [0.4, 0.5) is 13.2 Å². The molecule has 0 spiro atoms. The van der Waals surface area contributed by atoms with Crippen molar-refractivity contribution < 1.29 is 22.4 Å². The van der Waals surface area contributed by atoms with E-state index in [-0.39, 0.29) is 16.7 Å². The van der Waals surface area contributed by atoms with Crippen LogP contribution in [-0.2, 0) is 6.18 Å². The third-order valence-corrected chi connectivity index (χ3v) is 2.11. The molecule has 3 nitrogen and oxygen atoms in total. The molecule has 0 bridgehead atoms. The monoisotopic (exact) mass is 229 g/mol. The molecule has 2 N–H and O–H groups in total. The molecule has 0 saturated carbocycles. The Hall–Kier alpha value is -1.98. The van der Waals surface area contributed by atoms with E-state index in [1.54, 1.807) is 0 Å². The highest BCUT2D eigenvalue weighted by atomic mass is 19.4. The predicted molar refractivity (Wildman–Crippen MR) is 49.7 cm³/mol. The van der Waals surface area contributed by atoms with Crippen molar-refractivity contribution in [2.75, 3.05) is 0 Å². The molecular weight excluding hydrogens is 223 g/mol. The maximum atomic E-state index is 12.6. The molecule has 1 heterocycles. The van der Waals surface area contributed by atoms with E-state index in [1.165, 1.54) is 12.1 Å². The summed E-state index contributed by atoms with van der Waals surface area (Å²) in [6, 6.07) is 4.47. The van der Waals surface area contributed by atoms with Crippen LogP contribution in [-0.4, -0.2) is 5.91 Å². The van der Waals surface area contributed by atoms with Gasteiger partial charge in [-0.1, -0.05) is 6.07 Å². The lowest BCUT2D eigenvalue weighted by Gasteiger charge is -2.06. The van der Waals surface area contributed by atoms with E-state index < -0.39 is 17.6 Å². The van der Waals surface area contributed by atoms with Crippen LogP contribution in [0.3, 0.4) is 0 Å². The molecule has 1 aromatic heterocycles. The second-order valence-electron chi connectivity index (χ2n) is 3.19. The van der Waals surface area contributed by atoms with Crippen molar-refractivity contribution in [2.45, 2.75) is 6.18 Å². The zero-order valence-electron chi connectivity index (χ0n) is 7.84. The predicted octanol–water partition coefficient (Wildman–Crippen LogP) is 2.55. The molecule has 0 fully saturated rings. The number of fused-ring (bicyclic) bond motifs is 1. The topological polar surface area (TPSA) is 56.2 Å². The smallest absolute Gasteiger partial charge is 0.417 e. The van der Waals surface area contributed by atoms with Gasteiger partial charge in [-0.2, -0.15) is 13.2 Å². The number of hydrogen-bond donors (Lipinski definition) is 1. The number of hydrogen-bond acceptors (Lipinski definition) is 2. The molecule has 2 rings (SSSR count). The average molecular weight is 229 g/mol. The fraction of sp³-hybridized carbons (Fsp3) is 0.100. The number of benzene rings is 1. The highest BCUT2D eigenvalue weighted by molar-refractivity contribution is 5.96. The first-order chi connectivity index (χ1) is 7.39. The zero-order chi connectivity index (χ0) is 11.9. The second-order valence-corrected chi connectivity index (χ2v) is 3.19. The van der Waals surface area contributed by atoms with Crippen LogP contribution in [0.1, 0.15) is 16.1 Å². The molecule has 2 aromatic rings. The molecular formula is C10H6F3NO2. The summed E-state index contributed by atoms with van der Waals surface area (Å²) in [5.41, 5.74) is 4.07. The Labute approximate surface area is 87.6 Å². The van der Waals surface area contributed by atoms with Crippen LogP contribution in [0.2, 0.25) is 0 Å². The fourth-order valence-corrected chi connectivity index (χ4v) is 1.43. The Balaban J connectivity index is 2.73. The van der Waals surface area contributed by atoms with Crippen molar-refractivity contribution in [3.63, 3.8) is 0 Å². The number of furan rings is 1. The van der Waals surface area contributed by atoms with E-state index in [0.29, 0.717) is 0 Å². The summed E-state index contributed by atoms with van der Waals surface area (Å²) in [5, 5.41) is -0.163. The van der Waals surface area contributed by atoms with Crippen LogP contribution < -0.4 is 5.73 Å². The first kappa shape index (κ1) is 10.5. The molecule has 1 aromatic carbocycles. The van der Waals surface area contributed by atoms with Crippen LogP contribution in [0.25, 0.3) is 11.0 Å². The minimum atomic E-state index is -4.49. The van der Waals surface area contributed by atoms with Gasteiger partial charge in [0.15, 0.2) is 5.76 Å². The van der Waals surface area contributed by atoms with E-state index in [4.69, 9.17) is 10.2 Å². The van der Waals surface area contributed by atoms with Gasteiger partial charge >= 0.3 is 6.18 Å². The van der Waals surface area contributed by atoms with E-state index in [2.05, 4.69) is 0 Å².